The summed E-state index contributed by atoms with van der Waals surface area (Å²) >= 11 is 1.16. The second-order valence-electron chi connectivity index (χ2n) is 3.50. The number of nitrogens with zero attached hydrogens (tertiary/aromatic N) is 4. The molecule has 8 heteroatoms. The summed E-state index contributed by atoms with van der Waals surface area (Å²) in [5, 5.41) is 15.8. The summed E-state index contributed by atoms with van der Waals surface area (Å²) in [5.41, 5.74) is 0.915. The highest BCUT2D eigenvalue weighted by atomic mass is 32.2. The summed E-state index contributed by atoms with van der Waals surface area (Å²) in [7, 11) is 0. The molecule has 19 heavy (non-hydrogen) atoms. The van der Waals surface area contributed by atoms with Crippen LogP contribution in [0.1, 0.15) is 5.56 Å². The molecule has 1 aromatic heterocycles. The maximum atomic E-state index is 11.7. The van der Waals surface area contributed by atoms with Crippen molar-refractivity contribution < 1.29 is 4.79 Å². The second-order valence-corrected chi connectivity index (χ2v) is 4.44. The number of thioether (sulfide) groups is 1. The summed E-state index contributed by atoms with van der Waals surface area (Å²) in [6.07, 6.45) is 1.35. The van der Waals surface area contributed by atoms with Crippen LogP contribution in [0, 0.1) is 11.3 Å². The molecule has 0 unspecified atom stereocenters. The second kappa shape index (κ2) is 5.88. The molecule has 1 aromatic carbocycles. The molecule has 96 valence electrons. The van der Waals surface area contributed by atoms with E-state index in [1.807, 2.05) is 6.07 Å². The number of aromatic nitrogens is 3. The van der Waals surface area contributed by atoms with Crippen LogP contribution in [0.25, 0.3) is 0 Å². The molecule has 1 heterocycles. The van der Waals surface area contributed by atoms with E-state index in [4.69, 9.17) is 11.1 Å². The highest BCUT2D eigenvalue weighted by Gasteiger charge is 2.08. The summed E-state index contributed by atoms with van der Waals surface area (Å²) < 4.78 is 0. The molecule has 0 atom stereocenters. The van der Waals surface area contributed by atoms with Gasteiger partial charge in [0.2, 0.25) is 11.1 Å². The smallest absolute Gasteiger partial charge is 0.234 e. The average molecular weight is 274 g/mol. The molecule has 0 radical (unpaired) electrons. The number of hydrogen-bond donors (Lipinski definition) is 2. The number of nitrogen functional groups attached to an aromatic ring is 1. The van der Waals surface area contributed by atoms with Crippen LogP contribution in [-0.4, -0.2) is 26.5 Å². The zero-order chi connectivity index (χ0) is 13.7. The summed E-state index contributed by atoms with van der Waals surface area (Å²) in [6, 6.07) is 8.81. The van der Waals surface area contributed by atoms with Crippen LogP contribution in [0.15, 0.2) is 35.7 Å². The molecule has 2 aromatic rings. The lowest BCUT2D eigenvalue weighted by Gasteiger charge is -2.05. The van der Waals surface area contributed by atoms with Crippen molar-refractivity contribution in [1.82, 2.24) is 14.9 Å². The number of hydrogen-bond acceptors (Lipinski definition) is 6. The van der Waals surface area contributed by atoms with Crippen molar-refractivity contribution in [1.29, 1.82) is 5.26 Å². The molecular weight excluding hydrogens is 264 g/mol. The van der Waals surface area contributed by atoms with Crippen LogP contribution in [-0.2, 0) is 4.79 Å². The van der Waals surface area contributed by atoms with Crippen molar-refractivity contribution in [2.75, 3.05) is 16.9 Å². The van der Waals surface area contributed by atoms with Gasteiger partial charge < -0.3 is 11.2 Å². The zero-order valence-electron chi connectivity index (χ0n) is 9.78. The van der Waals surface area contributed by atoms with E-state index in [0.717, 1.165) is 16.6 Å². The third kappa shape index (κ3) is 3.46. The Morgan fingerprint density at radius 3 is 3.00 bits per heavy atom. The minimum Gasteiger partial charge on any atom is -0.324 e. The monoisotopic (exact) mass is 274 g/mol. The fourth-order valence-electron chi connectivity index (χ4n) is 1.33. The van der Waals surface area contributed by atoms with Crippen LogP contribution >= 0.6 is 11.8 Å². The summed E-state index contributed by atoms with van der Waals surface area (Å²) in [4.78, 5) is 16.7. The van der Waals surface area contributed by atoms with Crippen LogP contribution in [0.4, 0.5) is 5.69 Å². The molecule has 0 spiro atoms. The van der Waals surface area contributed by atoms with Gasteiger partial charge in [0.15, 0.2) is 0 Å². The molecule has 2 rings (SSSR count). The highest BCUT2D eigenvalue weighted by Crippen LogP contribution is 2.15. The molecule has 1 amide bonds. The molecule has 0 aliphatic rings. The van der Waals surface area contributed by atoms with Gasteiger partial charge >= 0.3 is 0 Å². The number of carbonyl (C=O) groups excluding carboxylic acids is 1. The molecule has 0 saturated carbocycles. The highest BCUT2D eigenvalue weighted by molar-refractivity contribution is 7.99. The SMILES string of the molecule is N#Cc1ccccc1NC(=O)CSc1ncn(N)n1. The van der Waals surface area contributed by atoms with Crippen LogP contribution in [0.2, 0.25) is 0 Å². The van der Waals surface area contributed by atoms with Gasteiger partial charge in [0.1, 0.15) is 12.4 Å². The number of rotatable bonds is 4. The van der Waals surface area contributed by atoms with Gasteiger partial charge in [-0.3, -0.25) is 4.79 Å². The number of carbonyl (C=O) groups is 1. The van der Waals surface area contributed by atoms with Gasteiger partial charge in [-0.05, 0) is 12.1 Å². The maximum Gasteiger partial charge on any atom is 0.234 e. The third-order valence-corrected chi connectivity index (χ3v) is 2.99. The van der Waals surface area contributed by atoms with Gasteiger partial charge in [-0.15, -0.1) is 5.10 Å². The van der Waals surface area contributed by atoms with Crippen molar-refractivity contribution in [3.05, 3.63) is 36.2 Å². The molecule has 7 nitrogen and oxygen atoms in total. The fourth-order valence-corrected chi connectivity index (χ4v) is 1.94. The van der Waals surface area contributed by atoms with E-state index >= 15 is 0 Å². The molecule has 3 N–H and O–H groups in total. The number of nitrogens with two attached hydrogens (primary N) is 1. The quantitative estimate of drug-likeness (QED) is 0.624. The van der Waals surface area contributed by atoms with Crippen LogP contribution in [0.5, 0.6) is 0 Å². The van der Waals surface area contributed by atoms with E-state index in [1.165, 1.54) is 6.33 Å². The maximum absolute atomic E-state index is 11.7. The number of para-hydroxylation sites is 1. The lowest BCUT2D eigenvalue weighted by molar-refractivity contribution is -0.113. The first-order valence-corrected chi connectivity index (χ1v) is 6.26. The molecule has 0 aliphatic heterocycles. The van der Waals surface area contributed by atoms with Crippen molar-refractivity contribution in [2.45, 2.75) is 5.16 Å². The Morgan fingerprint density at radius 1 is 1.53 bits per heavy atom. The Bertz CT molecular complexity index is 632. The Morgan fingerprint density at radius 2 is 2.32 bits per heavy atom. The number of amides is 1. The number of nitrogens with one attached hydrogen (secondary N) is 1. The standard InChI is InChI=1S/C11H10N6OS/c12-5-8-3-1-2-4-9(8)15-10(18)6-19-11-14-7-17(13)16-11/h1-4,7H,6,13H2,(H,15,18). The predicted molar refractivity (Wildman–Crippen MR) is 70.7 cm³/mol. The normalized spacial score (nSPS) is 9.84. The van der Waals surface area contributed by atoms with Gasteiger partial charge in [-0.25, -0.2) is 4.98 Å². The Hall–Kier alpha value is -2.53. The largest absolute Gasteiger partial charge is 0.324 e. The van der Waals surface area contributed by atoms with Crippen molar-refractivity contribution in [3.63, 3.8) is 0 Å². The average Bonchev–Trinajstić information content (AvgIpc) is 2.83. The van der Waals surface area contributed by atoms with Gasteiger partial charge in [0.05, 0.1) is 17.0 Å². The van der Waals surface area contributed by atoms with E-state index in [2.05, 4.69) is 15.4 Å². The number of anilines is 1. The zero-order valence-corrected chi connectivity index (χ0v) is 10.6. The Labute approximate surface area is 113 Å². The molecule has 0 saturated heterocycles. The lowest BCUT2D eigenvalue weighted by Crippen LogP contribution is -2.15. The summed E-state index contributed by atoms with van der Waals surface area (Å²) in [6.45, 7) is 0. The molecule has 0 aliphatic carbocycles. The number of benzene rings is 1. The van der Waals surface area contributed by atoms with Gasteiger partial charge in [-0.2, -0.15) is 10.1 Å². The first-order chi connectivity index (χ1) is 9.19. The lowest BCUT2D eigenvalue weighted by atomic mass is 10.2. The van der Waals surface area contributed by atoms with Crippen molar-refractivity contribution in [3.8, 4) is 6.07 Å². The van der Waals surface area contributed by atoms with Gasteiger partial charge in [0.25, 0.3) is 0 Å². The van der Waals surface area contributed by atoms with Crippen molar-refractivity contribution >= 4 is 23.4 Å². The minimum atomic E-state index is -0.235. The Balaban J connectivity index is 1.93. The van der Waals surface area contributed by atoms with E-state index < -0.39 is 0 Å². The third-order valence-electron chi connectivity index (χ3n) is 2.14. The van der Waals surface area contributed by atoms with Crippen LogP contribution < -0.4 is 11.2 Å². The van der Waals surface area contributed by atoms with E-state index in [1.54, 1.807) is 24.3 Å². The fraction of sp³-hybridized carbons (Fsp3) is 0.0909. The molecule has 0 bridgehead atoms. The minimum absolute atomic E-state index is 0.143. The van der Waals surface area contributed by atoms with Crippen molar-refractivity contribution in [2.24, 2.45) is 0 Å². The number of nitriles is 1. The van der Waals surface area contributed by atoms with E-state index in [9.17, 15) is 4.79 Å². The topological polar surface area (TPSA) is 110 Å². The molecule has 0 fully saturated rings. The van der Waals surface area contributed by atoms with E-state index in [-0.39, 0.29) is 11.7 Å². The summed E-state index contributed by atoms with van der Waals surface area (Å²) in [5.74, 6) is 5.25. The van der Waals surface area contributed by atoms with Gasteiger partial charge in [-0.1, -0.05) is 23.9 Å². The molecular formula is C11H10N6OS. The van der Waals surface area contributed by atoms with E-state index in [0.29, 0.717) is 16.4 Å². The first kappa shape index (κ1) is 12.9. The van der Waals surface area contributed by atoms with Gasteiger partial charge in [0, 0.05) is 0 Å². The first-order valence-electron chi connectivity index (χ1n) is 5.27. The Kier molecular flexibility index (Phi) is 4.00. The van der Waals surface area contributed by atoms with Crippen LogP contribution in [0.3, 0.4) is 0 Å². The predicted octanol–water partition coefficient (Wildman–Crippen LogP) is 0.594.